The van der Waals surface area contributed by atoms with Gasteiger partial charge in [0.05, 0.1) is 24.2 Å². The van der Waals surface area contributed by atoms with Gasteiger partial charge in [-0.15, -0.1) is 0 Å². The molecule has 1 saturated heterocycles. The van der Waals surface area contributed by atoms with Gasteiger partial charge in [0.15, 0.2) is 5.82 Å². The zero-order valence-corrected chi connectivity index (χ0v) is 15.4. The SMILES string of the molecule is Cc1cc(C)n(-c2cncc(N3CC(C)OC(c4ccsc4)C3)n2)n1. The van der Waals surface area contributed by atoms with Crippen LogP contribution in [0.4, 0.5) is 5.82 Å². The van der Waals surface area contributed by atoms with Gasteiger partial charge in [0.25, 0.3) is 0 Å². The van der Waals surface area contributed by atoms with Gasteiger partial charge in [0.2, 0.25) is 0 Å². The lowest BCUT2D eigenvalue weighted by Gasteiger charge is -2.37. The van der Waals surface area contributed by atoms with E-state index >= 15 is 0 Å². The molecule has 4 rings (SSSR count). The second-order valence-electron chi connectivity index (χ2n) is 6.47. The van der Waals surface area contributed by atoms with E-state index in [1.165, 1.54) is 5.56 Å². The number of ether oxygens (including phenoxy) is 1. The van der Waals surface area contributed by atoms with Gasteiger partial charge in [-0.05, 0) is 49.2 Å². The van der Waals surface area contributed by atoms with Crippen LogP contribution in [0.15, 0.2) is 35.3 Å². The van der Waals surface area contributed by atoms with E-state index in [1.54, 1.807) is 17.5 Å². The molecule has 6 nitrogen and oxygen atoms in total. The van der Waals surface area contributed by atoms with Crippen molar-refractivity contribution >= 4 is 17.2 Å². The molecule has 0 aliphatic carbocycles. The molecule has 4 heterocycles. The first-order chi connectivity index (χ1) is 12.1. The molecule has 0 aromatic carbocycles. The van der Waals surface area contributed by atoms with E-state index in [-0.39, 0.29) is 12.2 Å². The van der Waals surface area contributed by atoms with Gasteiger partial charge in [-0.1, -0.05) is 0 Å². The molecule has 2 atom stereocenters. The second kappa shape index (κ2) is 6.57. The van der Waals surface area contributed by atoms with E-state index in [2.05, 4.69) is 38.7 Å². The monoisotopic (exact) mass is 355 g/mol. The quantitative estimate of drug-likeness (QED) is 0.721. The zero-order chi connectivity index (χ0) is 17.4. The Hall–Kier alpha value is -2.25. The summed E-state index contributed by atoms with van der Waals surface area (Å²) in [6.07, 6.45) is 3.77. The Morgan fingerprint density at radius 3 is 2.76 bits per heavy atom. The summed E-state index contributed by atoms with van der Waals surface area (Å²) in [5, 5.41) is 8.75. The number of thiophene rings is 1. The Kier molecular flexibility index (Phi) is 4.27. The van der Waals surface area contributed by atoms with Crippen molar-refractivity contribution in [2.75, 3.05) is 18.0 Å². The largest absolute Gasteiger partial charge is 0.367 e. The molecule has 0 N–H and O–H groups in total. The van der Waals surface area contributed by atoms with Gasteiger partial charge < -0.3 is 9.64 Å². The summed E-state index contributed by atoms with van der Waals surface area (Å²) >= 11 is 1.70. The molecule has 2 unspecified atom stereocenters. The van der Waals surface area contributed by atoms with Crippen LogP contribution in [-0.4, -0.2) is 38.9 Å². The van der Waals surface area contributed by atoms with E-state index in [0.29, 0.717) is 0 Å². The highest BCUT2D eigenvalue weighted by molar-refractivity contribution is 7.07. The van der Waals surface area contributed by atoms with Gasteiger partial charge in [0, 0.05) is 18.8 Å². The molecule has 130 valence electrons. The number of rotatable bonds is 3. The number of aryl methyl sites for hydroxylation is 2. The van der Waals surface area contributed by atoms with Crippen LogP contribution in [0.5, 0.6) is 0 Å². The summed E-state index contributed by atoms with van der Waals surface area (Å²) in [5.41, 5.74) is 3.25. The van der Waals surface area contributed by atoms with Crippen LogP contribution in [0.1, 0.15) is 30.0 Å². The first-order valence-corrected chi connectivity index (χ1v) is 9.32. The van der Waals surface area contributed by atoms with Crippen LogP contribution < -0.4 is 4.90 Å². The fraction of sp³-hybridized carbons (Fsp3) is 0.389. The van der Waals surface area contributed by atoms with E-state index < -0.39 is 0 Å². The third-order valence-corrected chi connectivity index (χ3v) is 5.04. The van der Waals surface area contributed by atoms with Crippen molar-refractivity contribution in [1.29, 1.82) is 0 Å². The van der Waals surface area contributed by atoms with Crippen molar-refractivity contribution < 1.29 is 4.74 Å². The summed E-state index contributed by atoms with van der Waals surface area (Å²) in [5.74, 6) is 1.61. The second-order valence-corrected chi connectivity index (χ2v) is 7.25. The summed E-state index contributed by atoms with van der Waals surface area (Å²) in [6.45, 7) is 7.68. The number of anilines is 1. The minimum absolute atomic E-state index is 0.0640. The summed E-state index contributed by atoms with van der Waals surface area (Å²) in [7, 11) is 0. The molecule has 3 aromatic heterocycles. The van der Waals surface area contributed by atoms with Gasteiger partial charge in [-0.2, -0.15) is 16.4 Å². The first kappa shape index (κ1) is 16.2. The van der Waals surface area contributed by atoms with E-state index in [1.807, 2.05) is 30.8 Å². The predicted octanol–water partition coefficient (Wildman–Crippen LogP) is 3.31. The molecule has 0 amide bonds. The highest BCUT2D eigenvalue weighted by Crippen LogP contribution is 2.29. The third kappa shape index (κ3) is 3.29. The lowest BCUT2D eigenvalue weighted by molar-refractivity contribution is -0.0174. The maximum absolute atomic E-state index is 6.12. The Labute approximate surface area is 151 Å². The van der Waals surface area contributed by atoms with Crippen LogP contribution in [0.3, 0.4) is 0 Å². The number of nitrogens with zero attached hydrogens (tertiary/aromatic N) is 5. The molecule has 3 aromatic rings. The van der Waals surface area contributed by atoms with Crippen LogP contribution in [0.2, 0.25) is 0 Å². The van der Waals surface area contributed by atoms with E-state index in [9.17, 15) is 0 Å². The zero-order valence-electron chi connectivity index (χ0n) is 14.6. The average molecular weight is 355 g/mol. The van der Waals surface area contributed by atoms with Gasteiger partial charge in [-0.3, -0.25) is 4.98 Å². The number of hydrogen-bond acceptors (Lipinski definition) is 6. The average Bonchev–Trinajstić information content (AvgIpc) is 3.24. The summed E-state index contributed by atoms with van der Waals surface area (Å²) in [4.78, 5) is 11.4. The standard InChI is InChI=1S/C18H21N5OS/c1-12-6-13(2)23(21-12)18-8-19-7-17(20-18)22-9-14(3)24-16(10-22)15-4-5-25-11-15/h4-8,11,14,16H,9-10H2,1-3H3. The van der Waals surface area contributed by atoms with Crippen LogP contribution >= 0.6 is 11.3 Å². The smallest absolute Gasteiger partial charge is 0.174 e. The van der Waals surface area contributed by atoms with Crippen LogP contribution in [0, 0.1) is 13.8 Å². The number of morpholine rings is 1. The van der Waals surface area contributed by atoms with Crippen molar-refractivity contribution in [2.24, 2.45) is 0 Å². The third-order valence-electron chi connectivity index (χ3n) is 4.33. The van der Waals surface area contributed by atoms with Crippen molar-refractivity contribution in [2.45, 2.75) is 33.0 Å². The molecule has 0 radical (unpaired) electrons. The van der Waals surface area contributed by atoms with Crippen molar-refractivity contribution in [3.05, 3.63) is 52.2 Å². The summed E-state index contributed by atoms with van der Waals surface area (Å²) < 4.78 is 7.96. The van der Waals surface area contributed by atoms with Crippen LogP contribution in [-0.2, 0) is 4.74 Å². The maximum atomic E-state index is 6.12. The van der Waals surface area contributed by atoms with Crippen molar-refractivity contribution in [3.8, 4) is 5.82 Å². The molecule has 1 aliphatic heterocycles. The molecule has 25 heavy (non-hydrogen) atoms. The van der Waals surface area contributed by atoms with E-state index in [4.69, 9.17) is 9.72 Å². The molecule has 0 saturated carbocycles. The minimum Gasteiger partial charge on any atom is -0.367 e. The normalized spacial score (nSPS) is 20.8. The molecular weight excluding hydrogens is 334 g/mol. The Balaban J connectivity index is 1.63. The maximum Gasteiger partial charge on any atom is 0.174 e. The Bertz CT molecular complexity index is 860. The summed E-state index contributed by atoms with van der Waals surface area (Å²) in [6, 6.07) is 4.17. The van der Waals surface area contributed by atoms with Crippen LogP contribution in [0.25, 0.3) is 5.82 Å². The Morgan fingerprint density at radius 1 is 1.20 bits per heavy atom. The minimum atomic E-state index is 0.0640. The highest BCUT2D eigenvalue weighted by Gasteiger charge is 2.28. The highest BCUT2D eigenvalue weighted by atomic mass is 32.1. The number of hydrogen-bond donors (Lipinski definition) is 0. The lowest BCUT2D eigenvalue weighted by Crippen LogP contribution is -2.43. The first-order valence-electron chi connectivity index (χ1n) is 8.38. The van der Waals surface area contributed by atoms with Crippen molar-refractivity contribution in [1.82, 2.24) is 19.7 Å². The molecule has 0 bridgehead atoms. The molecule has 1 fully saturated rings. The topological polar surface area (TPSA) is 56.1 Å². The lowest BCUT2D eigenvalue weighted by atomic mass is 10.1. The van der Waals surface area contributed by atoms with Crippen molar-refractivity contribution in [3.63, 3.8) is 0 Å². The molecular formula is C18H21N5OS. The number of aromatic nitrogens is 4. The van der Waals surface area contributed by atoms with Gasteiger partial charge >= 0.3 is 0 Å². The molecule has 7 heteroatoms. The predicted molar refractivity (Wildman–Crippen MR) is 98.4 cm³/mol. The fourth-order valence-corrected chi connectivity index (χ4v) is 3.94. The van der Waals surface area contributed by atoms with Gasteiger partial charge in [0.1, 0.15) is 11.9 Å². The molecule has 0 spiro atoms. The fourth-order valence-electron chi connectivity index (χ4n) is 3.24. The molecule has 1 aliphatic rings. The van der Waals surface area contributed by atoms with Gasteiger partial charge in [-0.25, -0.2) is 9.67 Å². The van der Waals surface area contributed by atoms with E-state index in [0.717, 1.165) is 36.1 Å². The Morgan fingerprint density at radius 2 is 2.04 bits per heavy atom.